The monoisotopic (exact) mass is 306 g/mol. The molecule has 1 aromatic rings. The van der Waals surface area contributed by atoms with Crippen LogP contribution in [-0.4, -0.2) is 39.3 Å². The van der Waals surface area contributed by atoms with Crippen molar-refractivity contribution in [2.75, 3.05) is 29.7 Å². The van der Waals surface area contributed by atoms with Gasteiger partial charge in [-0.2, -0.15) is 0 Å². The van der Waals surface area contributed by atoms with Gasteiger partial charge in [-0.1, -0.05) is 0 Å². The van der Waals surface area contributed by atoms with Gasteiger partial charge in [0.05, 0.1) is 0 Å². The molecule has 16 heavy (non-hydrogen) atoms. The molecule has 1 heterocycles. The van der Waals surface area contributed by atoms with E-state index in [4.69, 9.17) is 0 Å². The Morgan fingerprint density at radius 1 is 1.50 bits per heavy atom. The largest absolute Gasteiger partial charge is 0.372 e. The molecule has 2 atom stereocenters. The van der Waals surface area contributed by atoms with Crippen LogP contribution in [0.1, 0.15) is 6.92 Å². The molecular weight excluding hydrogens is 292 g/mol. The highest BCUT2D eigenvalue weighted by Crippen LogP contribution is 2.26. The van der Waals surface area contributed by atoms with E-state index >= 15 is 0 Å². The normalized spacial score (nSPS) is 14.2. The first-order valence-electron chi connectivity index (χ1n) is 4.79. The lowest BCUT2D eigenvalue weighted by Gasteiger charge is -2.15. The van der Waals surface area contributed by atoms with Crippen molar-refractivity contribution in [1.29, 1.82) is 0 Å². The Bertz CT molecular complexity index is 388. The van der Waals surface area contributed by atoms with E-state index in [1.54, 1.807) is 13.3 Å². The summed E-state index contributed by atoms with van der Waals surface area (Å²) in [5.74, 6) is 2.02. The zero-order valence-corrected chi connectivity index (χ0v) is 11.9. The average molecular weight is 307 g/mol. The number of halogens is 1. The summed E-state index contributed by atoms with van der Waals surface area (Å²) in [5, 5.41) is 6.14. The minimum absolute atomic E-state index is 0.0988. The summed E-state index contributed by atoms with van der Waals surface area (Å²) in [5.41, 5.74) is 0. The van der Waals surface area contributed by atoms with E-state index < -0.39 is 10.8 Å². The number of nitrogens with one attached hydrogen (secondary N) is 2. The zero-order chi connectivity index (χ0) is 12.1. The lowest BCUT2D eigenvalue weighted by Crippen LogP contribution is -2.23. The number of rotatable bonds is 5. The molecule has 2 unspecified atom stereocenters. The van der Waals surface area contributed by atoms with Gasteiger partial charge in [0.1, 0.15) is 22.4 Å². The summed E-state index contributed by atoms with van der Waals surface area (Å²) >= 11 is 3.41. The van der Waals surface area contributed by atoms with Gasteiger partial charge in [-0.05, 0) is 22.9 Å². The Kier molecular flexibility index (Phi) is 5.14. The third-order valence-electron chi connectivity index (χ3n) is 1.89. The van der Waals surface area contributed by atoms with Gasteiger partial charge < -0.3 is 10.6 Å². The molecule has 0 amide bonds. The van der Waals surface area contributed by atoms with E-state index in [-0.39, 0.29) is 6.04 Å². The molecule has 0 fully saturated rings. The van der Waals surface area contributed by atoms with Crippen LogP contribution in [-0.2, 0) is 10.8 Å². The van der Waals surface area contributed by atoms with Gasteiger partial charge >= 0.3 is 0 Å². The maximum atomic E-state index is 11.1. The summed E-state index contributed by atoms with van der Waals surface area (Å²) in [6, 6.07) is 0.0988. The van der Waals surface area contributed by atoms with E-state index in [1.165, 1.54) is 6.33 Å². The molecule has 1 aromatic heterocycles. The summed E-state index contributed by atoms with van der Waals surface area (Å²) in [7, 11) is 0.973. The quantitative estimate of drug-likeness (QED) is 0.862. The molecule has 0 spiro atoms. The van der Waals surface area contributed by atoms with Gasteiger partial charge in [0, 0.05) is 35.9 Å². The first-order valence-corrected chi connectivity index (χ1v) is 7.31. The molecule has 0 aliphatic heterocycles. The highest BCUT2D eigenvalue weighted by Gasteiger charge is 2.10. The van der Waals surface area contributed by atoms with Crippen molar-refractivity contribution in [3.63, 3.8) is 0 Å². The third kappa shape index (κ3) is 3.71. The maximum Gasteiger partial charge on any atom is 0.146 e. The minimum atomic E-state index is -0.820. The molecular formula is C9H15BrN4OS. The average Bonchev–Trinajstić information content (AvgIpc) is 2.20. The summed E-state index contributed by atoms with van der Waals surface area (Å²) < 4.78 is 11.9. The van der Waals surface area contributed by atoms with Crippen LogP contribution in [0.2, 0.25) is 0 Å². The molecule has 0 aromatic carbocycles. The summed E-state index contributed by atoms with van der Waals surface area (Å²) in [4.78, 5) is 8.18. The molecule has 0 bridgehead atoms. The van der Waals surface area contributed by atoms with Crippen molar-refractivity contribution < 1.29 is 4.21 Å². The van der Waals surface area contributed by atoms with Crippen LogP contribution in [0.15, 0.2) is 10.8 Å². The Labute approximate surface area is 106 Å². The Balaban J connectivity index is 2.77. The van der Waals surface area contributed by atoms with E-state index in [9.17, 15) is 4.21 Å². The predicted octanol–water partition coefficient (Wildman–Crippen LogP) is 1.46. The van der Waals surface area contributed by atoms with Crippen LogP contribution < -0.4 is 10.6 Å². The van der Waals surface area contributed by atoms with Crippen molar-refractivity contribution in [1.82, 2.24) is 9.97 Å². The fourth-order valence-electron chi connectivity index (χ4n) is 1.27. The van der Waals surface area contributed by atoms with Gasteiger partial charge in [0.15, 0.2) is 0 Å². The number of hydrogen-bond donors (Lipinski definition) is 2. The molecule has 0 saturated heterocycles. The number of anilines is 2. The van der Waals surface area contributed by atoms with E-state index in [0.717, 1.165) is 10.3 Å². The Morgan fingerprint density at radius 3 is 2.69 bits per heavy atom. The highest BCUT2D eigenvalue weighted by molar-refractivity contribution is 9.10. The second kappa shape index (κ2) is 6.15. The fourth-order valence-corrected chi connectivity index (χ4v) is 2.58. The second-order valence-electron chi connectivity index (χ2n) is 3.42. The van der Waals surface area contributed by atoms with Crippen molar-refractivity contribution in [2.45, 2.75) is 13.0 Å². The van der Waals surface area contributed by atoms with Crippen molar-refractivity contribution >= 4 is 38.4 Å². The molecule has 2 N–H and O–H groups in total. The Morgan fingerprint density at radius 2 is 2.12 bits per heavy atom. The third-order valence-corrected chi connectivity index (χ3v) is 3.61. The number of nitrogens with zero attached hydrogens (tertiary/aromatic N) is 2. The minimum Gasteiger partial charge on any atom is -0.372 e. The standard InChI is InChI=1S/C9H15BrN4OS/c1-6(4-16(3)15)14-9-7(10)8(11-2)12-5-13-9/h5-6H,4H2,1-3H3,(H2,11,12,13,14). The number of aromatic nitrogens is 2. The van der Waals surface area contributed by atoms with Crippen LogP contribution >= 0.6 is 15.9 Å². The molecule has 1 rings (SSSR count). The van der Waals surface area contributed by atoms with Crippen molar-refractivity contribution in [3.8, 4) is 0 Å². The molecule has 0 saturated carbocycles. The fraction of sp³-hybridized carbons (Fsp3) is 0.556. The van der Waals surface area contributed by atoms with Crippen LogP contribution in [0.4, 0.5) is 11.6 Å². The van der Waals surface area contributed by atoms with Gasteiger partial charge in [-0.15, -0.1) is 0 Å². The second-order valence-corrected chi connectivity index (χ2v) is 5.69. The van der Waals surface area contributed by atoms with Gasteiger partial charge in [0.25, 0.3) is 0 Å². The molecule has 7 heteroatoms. The molecule has 0 aliphatic rings. The van der Waals surface area contributed by atoms with Gasteiger partial charge in [0.2, 0.25) is 0 Å². The van der Waals surface area contributed by atoms with Crippen LogP contribution in [0.3, 0.4) is 0 Å². The highest BCUT2D eigenvalue weighted by atomic mass is 79.9. The van der Waals surface area contributed by atoms with Crippen LogP contribution in [0, 0.1) is 0 Å². The zero-order valence-electron chi connectivity index (χ0n) is 9.45. The number of hydrogen-bond acceptors (Lipinski definition) is 5. The van der Waals surface area contributed by atoms with Crippen molar-refractivity contribution in [2.24, 2.45) is 0 Å². The molecule has 0 radical (unpaired) electrons. The van der Waals surface area contributed by atoms with E-state index in [1.807, 2.05) is 6.92 Å². The maximum absolute atomic E-state index is 11.1. The van der Waals surface area contributed by atoms with Crippen molar-refractivity contribution in [3.05, 3.63) is 10.8 Å². The summed E-state index contributed by atoms with van der Waals surface area (Å²) in [6.07, 6.45) is 3.17. The van der Waals surface area contributed by atoms with E-state index in [2.05, 4.69) is 36.5 Å². The molecule has 5 nitrogen and oxygen atoms in total. The first-order chi connectivity index (χ1) is 7.54. The summed E-state index contributed by atoms with van der Waals surface area (Å²) in [6.45, 7) is 1.97. The first kappa shape index (κ1) is 13.4. The Hall–Kier alpha value is -0.690. The molecule has 0 aliphatic carbocycles. The lowest BCUT2D eigenvalue weighted by atomic mass is 10.4. The smallest absolute Gasteiger partial charge is 0.146 e. The van der Waals surface area contributed by atoms with Gasteiger partial charge in [-0.3, -0.25) is 4.21 Å². The van der Waals surface area contributed by atoms with Crippen LogP contribution in [0.25, 0.3) is 0 Å². The lowest BCUT2D eigenvalue weighted by molar-refractivity contribution is 0.683. The predicted molar refractivity (Wildman–Crippen MR) is 71.3 cm³/mol. The molecule has 90 valence electrons. The van der Waals surface area contributed by atoms with E-state index in [0.29, 0.717) is 11.6 Å². The SMILES string of the molecule is CNc1ncnc(NC(C)CS(C)=O)c1Br. The van der Waals surface area contributed by atoms with Gasteiger partial charge in [-0.25, -0.2) is 9.97 Å². The van der Waals surface area contributed by atoms with Crippen LogP contribution in [0.5, 0.6) is 0 Å². The topological polar surface area (TPSA) is 66.9 Å².